The number of hydrogen-bond acceptors (Lipinski definition) is 1. The van der Waals surface area contributed by atoms with E-state index in [1.54, 1.807) is 0 Å². The average molecular weight is 193 g/mol. The zero-order valence-electron chi connectivity index (χ0n) is 10.1. The molecule has 0 radical (unpaired) electrons. The zero-order chi connectivity index (χ0) is 11.1. The second-order valence-corrected chi connectivity index (χ2v) is 4.25. The quantitative estimate of drug-likeness (QED) is 0.657. The zero-order valence-corrected chi connectivity index (χ0v) is 10.1. The van der Waals surface area contributed by atoms with E-state index < -0.39 is 0 Å². The van der Waals surface area contributed by atoms with Crippen molar-refractivity contribution in [2.45, 2.75) is 40.7 Å². The van der Waals surface area contributed by atoms with Crippen LogP contribution < -0.4 is 5.32 Å². The van der Waals surface area contributed by atoms with Crippen LogP contribution in [0.3, 0.4) is 0 Å². The topological polar surface area (TPSA) is 12.0 Å². The van der Waals surface area contributed by atoms with E-state index >= 15 is 0 Å². The summed E-state index contributed by atoms with van der Waals surface area (Å²) in [5.41, 5.74) is 2.35. The molecule has 0 aromatic rings. The molecular formula is C13H23N. The summed E-state index contributed by atoms with van der Waals surface area (Å²) in [6.45, 7) is 14.7. The van der Waals surface area contributed by atoms with Crippen molar-refractivity contribution in [3.63, 3.8) is 0 Å². The van der Waals surface area contributed by atoms with E-state index in [1.807, 2.05) is 12.2 Å². The van der Waals surface area contributed by atoms with Crippen LogP contribution in [0.4, 0.5) is 0 Å². The summed E-state index contributed by atoms with van der Waals surface area (Å²) >= 11 is 0. The molecule has 0 atom stereocenters. The predicted octanol–water partition coefficient (Wildman–Crippen LogP) is 3.66. The molecular weight excluding hydrogens is 170 g/mol. The molecule has 0 aliphatic rings. The molecule has 1 nitrogen and oxygen atoms in total. The maximum absolute atomic E-state index is 3.91. The molecule has 0 saturated carbocycles. The van der Waals surface area contributed by atoms with Crippen molar-refractivity contribution in [3.05, 3.63) is 36.1 Å². The highest BCUT2D eigenvalue weighted by Crippen LogP contribution is 2.07. The van der Waals surface area contributed by atoms with Gasteiger partial charge >= 0.3 is 0 Å². The summed E-state index contributed by atoms with van der Waals surface area (Å²) < 4.78 is 0. The second kappa shape index (κ2) is 6.47. The van der Waals surface area contributed by atoms with Crippen molar-refractivity contribution >= 4 is 0 Å². The summed E-state index contributed by atoms with van der Waals surface area (Å²) in [6, 6.07) is 0.447. The van der Waals surface area contributed by atoms with Crippen LogP contribution in [0.25, 0.3) is 0 Å². The molecule has 80 valence electrons. The molecule has 0 bridgehead atoms. The molecule has 0 aliphatic carbocycles. The third-order valence-electron chi connectivity index (χ3n) is 2.04. The molecule has 0 aliphatic heterocycles. The normalized spacial score (nSPS) is 12.9. The van der Waals surface area contributed by atoms with Crippen LogP contribution in [-0.4, -0.2) is 6.04 Å². The minimum absolute atomic E-state index is 0.447. The lowest BCUT2D eigenvalue weighted by molar-refractivity contribution is 0.683. The van der Waals surface area contributed by atoms with Gasteiger partial charge in [0.15, 0.2) is 0 Å². The molecule has 1 N–H and O–H groups in total. The van der Waals surface area contributed by atoms with Crippen LogP contribution in [0.1, 0.15) is 34.6 Å². The SMILES string of the molecule is C=C(/C=C\C=C(/C)C(C)C)NC(C)C. The highest BCUT2D eigenvalue weighted by atomic mass is 14.9. The van der Waals surface area contributed by atoms with Gasteiger partial charge < -0.3 is 5.32 Å². The van der Waals surface area contributed by atoms with E-state index in [-0.39, 0.29) is 0 Å². The van der Waals surface area contributed by atoms with E-state index in [2.05, 4.69) is 52.6 Å². The van der Waals surface area contributed by atoms with Gasteiger partial charge in [-0.1, -0.05) is 38.2 Å². The Morgan fingerprint density at radius 2 is 1.79 bits per heavy atom. The predicted molar refractivity (Wildman–Crippen MR) is 65.1 cm³/mol. The van der Waals surface area contributed by atoms with Crippen LogP contribution in [0.5, 0.6) is 0 Å². The monoisotopic (exact) mass is 193 g/mol. The standard InChI is InChI=1S/C13H23N/c1-10(2)12(5)8-7-9-13(6)14-11(3)4/h7-11,14H,6H2,1-5H3/b9-7-,12-8+. The third-order valence-corrected chi connectivity index (χ3v) is 2.04. The number of hydrogen-bond donors (Lipinski definition) is 1. The first-order chi connectivity index (χ1) is 6.43. The summed E-state index contributed by atoms with van der Waals surface area (Å²) in [7, 11) is 0. The Morgan fingerprint density at radius 3 is 2.21 bits per heavy atom. The molecule has 0 amide bonds. The molecule has 14 heavy (non-hydrogen) atoms. The Morgan fingerprint density at radius 1 is 1.21 bits per heavy atom. The molecule has 0 aromatic carbocycles. The lowest BCUT2D eigenvalue weighted by Gasteiger charge is -2.08. The van der Waals surface area contributed by atoms with Gasteiger partial charge in [-0.05, 0) is 32.8 Å². The molecule has 0 unspecified atom stereocenters. The van der Waals surface area contributed by atoms with Crippen molar-refractivity contribution in [1.29, 1.82) is 0 Å². The summed E-state index contributed by atoms with van der Waals surface area (Å²) in [5.74, 6) is 0.617. The Balaban J connectivity index is 4.06. The second-order valence-electron chi connectivity index (χ2n) is 4.25. The van der Waals surface area contributed by atoms with E-state index in [0.717, 1.165) is 5.70 Å². The van der Waals surface area contributed by atoms with Crippen LogP contribution in [0, 0.1) is 5.92 Å². The van der Waals surface area contributed by atoms with Crippen molar-refractivity contribution in [3.8, 4) is 0 Å². The first-order valence-electron chi connectivity index (χ1n) is 5.23. The molecule has 0 rings (SSSR count). The van der Waals surface area contributed by atoms with Gasteiger partial charge in [-0.3, -0.25) is 0 Å². The van der Waals surface area contributed by atoms with Gasteiger partial charge in [-0.25, -0.2) is 0 Å². The third kappa shape index (κ3) is 6.53. The highest BCUT2D eigenvalue weighted by Gasteiger charge is 1.93. The summed E-state index contributed by atoms with van der Waals surface area (Å²) in [5, 5.41) is 3.24. The average Bonchev–Trinajstić information content (AvgIpc) is 2.02. The van der Waals surface area contributed by atoms with Crippen molar-refractivity contribution in [1.82, 2.24) is 5.32 Å². The van der Waals surface area contributed by atoms with Crippen molar-refractivity contribution in [2.75, 3.05) is 0 Å². The lowest BCUT2D eigenvalue weighted by Crippen LogP contribution is -2.19. The Kier molecular flexibility index (Phi) is 6.02. The van der Waals surface area contributed by atoms with Gasteiger partial charge in [0.25, 0.3) is 0 Å². The molecule has 0 heterocycles. The van der Waals surface area contributed by atoms with Crippen molar-refractivity contribution < 1.29 is 0 Å². The Hall–Kier alpha value is -0.980. The van der Waals surface area contributed by atoms with E-state index in [4.69, 9.17) is 0 Å². The first kappa shape index (κ1) is 13.0. The molecule has 0 fully saturated rings. The smallest absolute Gasteiger partial charge is 0.0269 e. The summed E-state index contributed by atoms with van der Waals surface area (Å²) in [4.78, 5) is 0. The molecule has 0 aromatic heterocycles. The fraction of sp³-hybridized carbons (Fsp3) is 0.538. The lowest BCUT2D eigenvalue weighted by atomic mass is 10.1. The van der Waals surface area contributed by atoms with Crippen molar-refractivity contribution in [2.24, 2.45) is 5.92 Å². The molecule has 0 spiro atoms. The largest absolute Gasteiger partial charge is 0.383 e. The van der Waals surface area contributed by atoms with Crippen LogP contribution in [0.2, 0.25) is 0 Å². The van der Waals surface area contributed by atoms with Crippen LogP contribution in [-0.2, 0) is 0 Å². The van der Waals surface area contributed by atoms with Gasteiger partial charge in [0.05, 0.1) is 0 Å². The summed E-state index contributed by atoms with van der Waals surface area (Å²) in [6.07, 6.45) is 6.19. The van der Waals surface area contributed by atoms with Gasteiger partial charge in [-0.15, -0.1) is 0 Å². The Labute approximate surface area is 88.6 Å². The van der Waals surface area contributed by atoms with Crippen LogP contribution in [0.15, 0.2) is 36.1 Å². The van der Waals surface area contributed by atoms with E-state index in [1.165, 1.54) is 5.57 Å². The fourth-order valence-corrected chi connectivity index (χ4v) is 0.927. The number of nitrogens with one attached hydrogen (secondary N) is 1. The minimum atomic E-state index is 0.447. The van der Waals surface area contributed by atoms with Gasteiger partial charge in [0, 0.05) is 11.7 Å². The Bertz CT molecular complexity index is 232. The van der Waals surface area contributed by atoms with Crippen LogP contribution >= 0.6 is 0 Å². The maximum atomic E-state index is 3.91. The highest BCUT2D eigenvalue weighted by molar-refractivity contribution is 5.20. The fourth-order valence-electron chi connectivity index (χ4n) is 0.927. The maximum Gasteiger partial charge on any atom is 0.0269 e. The number of rotatable bonds is 5. The van der Waals surface area contributed by atoms with Gasteiger partial charge in [0.2, 0.25) is 0 Å². The van der Waals surface area contributed by atoms with E-state index in [9.17, 15) is 0 Å². The number of allylic oxidation sites excluding steroid dienone is 4. The molecule has 0 saturated heterocycles. The molecule has 1 heteroatoms. The minimum Gasteiger partial charge on any atom is -0.383 e. The van der Waals surface area contributed by atoms with Gasteiger partial charge in [0.1, 0.15) is 0 Å². The van der Waals surface area contributed by atoms with E-state index in [0.29, 0.717) is 12.0 Å². The first-order valence-corrected chi connectivity index (χ1v) is 5.23. The van der Waals surface area contributed by atoms with Gasteiger partial charge in [-0.2, -0.15) is 0 Å².